The van der Waals surface area contributed by atoms with Crippen LogP contribution in [-0.2, 0) is 12.8 Å². The average molecular weight is 250 g/mol. The number of rotatable bonds is 4. The topological polar surface area (TPSA) is 0 Å². The fourth-order valence-corrected chi connectivity index (χ4v) is 3.04. The highest BCUT2D eigenvalue weighted by molar-refractivity contribution is 5.77. The van der Waals surface area contributed by atoms with Crippen molar-refractivity contribution in [3.05, 3.63) is 59.2 Å². The molecular weight excluding hydrogens is 228 g/mol. The number of aryl methyl sites for hydroxylation is 1. The molecule has 0 spiro atoms. The zero-order valence-electron chi connectivity index (χ0n) is 11.9. The second-order valence-electron chi connectivity index (χ2n) is 6.11. The maximum atomic E-state index is 2.42. The van der Waals surface area contributed by atoms with Crippen molar-refractivity contribution in [2.45, 2.75) is 39.5 Å². The monoisotopic (exact) mass is 250 g/mol. The Hall–Kier alpha value is -1.56. The van der Waals surface area contributed by atoms with Gasteiger partial charge in [0, 0.05) is 0 Å². The molecule has 19 heavy (non-hydrogen) atoms. The number of benzene rings is 2. The number of hydrogen-bond donors (Lipinski definition) is 0. The van der Waals surface area contributed by atoms with Crippen molar-refractivity contribution in [3.63, 3.8) is 0 Å². The fraction of sp³-hybridized carbons (Fsp3) is 0.368. The third-order valence-electron chi connectivity index (χ3n) is 4.11. The minimum atomic E-state index is 0.815. The molecule has 0 aliphatic heterocycles. The van der Waals surface area contributed by atoms with Gasteiger partial charge in [-0.25, -0.2) is 0 Å². The molecule has 98 valence electrons. The third kappa shape index (κ3) is 2.58. The van der Waals surface area contributed by atoms with Gasteiger partial charge in [0.2, 0.25) is 0 Å². The summed E-state index contributed by atoms with van der Waals surface area (Å²) in [6, 6.07) is 15.9. The van der Waals surface area contributed by atoms with Gasteiger partial charge in [-0.3, -0.25) is 0 Å². The van der Waals surface area contributed by atoms with Crippen molar-refractivity contribution in [3.8, 4) is 11.1 Å². The van der Waals surface area contributed by atoms with Crippen LogP contribution in [0, 0.1) is 5.92 Å². The first-order chi connectivity index (χ1) is 9.24. The smallest absolute Gasteiger partial charge is 0.00135 e. The first-order valence-corrected chi connectivity index (χ1v) is 7.44. The first kappa shape index (κ1) is 12.5. The van der Waals surface area contributed by atoms with Crippen LogP contribution in [0.15, 0.2) is 42.5 Å². The molecule has 0 nitrogen and oxygen atoms in total. The van der Waals surface area contributed by atoms with E-state index in [1.54, 1.807) is 0 Å². The van der Waals surface area contributed by atoms with Gasteiger partial charge in [0.05, 0.1) is 0 Å². The quantitative estimate of drug-likeness (QED) is 0.594. The Morgan fingerprint density at radius 1 is 0.947 bits per heavy atom. The van der Waals surface area contributed by atoms with E-state index in [2.05, 4.69) is 56.3 Å². The van der Waals surface area contributed by atoms with Gasteiger partial charge in [0.1, 0.15) is 0 Å². The second kappa shape index (κ2) is 5.21. The summed E-state index contributed by atoms with van der Waals surface area (Å²) in [6.07, 6.45) is 4.96. The van der Waals surface area contributed by atoms with E-state index in [9.17, 15) is 0 Å². The summed E-state index contributed by atoms with van der Waals surface area (Å²) >= 11 is 0. The molecule has 0 unspecified atom stereocenters. The molecular formula is C19H22. The van der Waals surface area contributed by atoms with E-state index in [0.29, 0.717) is 0 Å². The van der Waals surface area contributed by atoms with Crippen LogP contribution in [0.2, 0.25) is 0 Å². The Morgan fingerprint density at radius 2 is 1.74 bits per heavy atom. The molecule has 1 aliphatic carbocycles. The van der Waals surface area contributed by atoms with Crippen molar-refractivity contribution in [2.24, 2.45) is 5.92 Å². The van der Waals surface area contributed by atoms with Crippen LogP contribution in [0.25, 0.3) is 11.1 Å². The lowest BCUT2D eigenvalue weighted by molar-refractivity contribution is 0.556. The average Bonchev–Trinajstić information content (AvgIpc) is 2.76. The summed E-state index contributed by atoms with van der Waals surface area (Å²) in [4.78, 5) is 0. The Kier molecular flexibility index (Phi) is 3.42. The van der Waals surface area contributed by atoms with Gasteiger partial charge in [-0.2, -0.15) is 0 Å². The maximum Gasteiger partial charge on any atom is -0.00135 e. The molecule has 0 bridgehead atoms. The fourth-order valence-electron chi connectivity index (χ4n) is 3.04. The van der Waals surface area contributed by atoms with E-state index in [0.717, 1.165) is 12.3 Å². The molecule has 0 atom stereocenters. The molecule has 0 N–H and O–H groups in total. The van der Waals surface area contributed by atoms with E-state index in [1.165, 1.54) is 47.1 Å². The van der Waals surface area contributed by atoms with Crippen LogP contribution in [0.1, 0.15) is 43.4 Å². The molecule has 0 heterocycles. The van der Waals surface area contributed by atoms with Crippen molar-refractivity contribution in [1.29, 1.82) is 0 Å². The zero-order valence-corrected chi connectivity index (χ0v) is 11.9. The lowest BCUT2D eigenvalue weighted by atomic mass is 9.98. The third-order valence-corrected chi connectivity index (χ3v) is 4.11. The summed E-state index contributed by atoms with van der Waals surface area (Å²) in [6.45, 7) is 4.61. The standard InChI is InChI=1S/C19H22/c1-14(2)6-5-7-15-10-11-17-13-16-8-3-4-9-18(16)19(17)12-15/h3-4,8-12,14H,5-7,13H2,1-2H3. The van der Waals surface area contributed by atoms with Gasteiger partial charge in [-0.1, -0.05) is 62.7 Å². The Morgan fingerprint density at radius 3 is 2.58 bits per heavy atom. The predicted molar refractivity (Wildman–Crippen MR) is 82.5 cm³/mol. The van der Waals surface area contributed by atoms with Gasteiger partial charge in [0.25, 0.3) is 0 Å². The SMILES string of the molecule is CC(C)CCCc1ccc2c(c1)-c1ccccc1C2. The van der Waals surface area contributed by atoms with Crippen LogP contribution >= 0.6 is 0 Å². The van der Waals surface area contributed by atoms with Gasteiger partial charge in [-0.05, 0) is 53.0 Å². The molecule has 2 aromatic rings. The molecule has 0 saturated heterocycles. The van der Waals surface area contributed by atoms with Crippen LogP contribution < -0.4 is 0 Å². The second-order valence-corrected chi connectivity index (χ2v) is 6.11. The van der Waals surface area contributed by atoms with E-state index in [4.69, 9.17) is 0 Å². The molecule has 3 rings (SSSR count). The maximum absolute atomic E-state index is 2.42. The summed E-state index contributed by atoms with van der Waals surface area (Å²) in [5.41, 5.74) is 7.39. The predicted octanol–water partition coefficient (Wildman–Crippen LogP) is 5.24. The molecule has 0 saturated carbocycles. The molecule has 0 amide bonds. The van der Waals surface area contributed by atoms with Gasteiger partial charge in [-0.15, -0.1) is 0 Å². The Balaban J connectivity index is 1.82. The molecule has 2 aromatic carbocycles. The molecule has 0 radical (unpaired) electrons. The summed E-state index contributed by atoms with van der Waals surface area (Å²) in [5, 5.41) is 0. The van der Waals surface area contributed by atoms with Crippen LogP contribution in [0.4, 0.5) is 0 Å². The summed E-state index contributed by atoms with van der Waals surface area (Å²) in [7, 11) is 0. The largest absolute Gasteiger partial charge is 0.0628 e. The van der Waals surface area contributed by atoms with Gasteiger partial charge in [0.15, 0.2) is 0 Å². The summed E-state index contributed by atoms with van der Waals surface area (Å²) in [5.74, 6) is 0.815. The molecule has 0 heteroatoms. The van der Waals surface area contributed by atoms with Crippen LogP contribution in [0.5, 0.6) is 0 Å². The number of hydrogen-bond acceptors (Lipinski definition) is 0. The lowest BCUT2D eigenvalue weighted by Crippen LogP contribution is -1.92. The minimum Gasteiger partial charge on any atom is -0.0628 e. The Bertz CT molecular complexity index is 578. The van der Waals surface area contributed by atoms with E-state index < -0.39 is 0 Å². The van der Waals surface area contributed by atoms with Crippen molar-refractivity contribution < 1.29 is 0 Å². The zero-order chi connectivity index (χ0) is 13.2. The van der Waals surface area contributed by atoms with Crippen LogP contribution in [-0.4, -0.2) is 0 Å². The summed E-state index contributed by atoms with van der Waals surface area (Å²) < 4.78 is 0. The van der Waals surface area contributed by atoms with Crippen molar-refractivity contribution in [1.82, 2.24) is 0 Å². The number of fused-ring (bicyclic) bond motifs is 3. The lowest BCUT2D eigenvalue weighted by Gasteiger charge is -2.07. The molecule has 1 aliphatic rings. The van der Waals surface area contributed by atoms with Crippen molar-refractivity contribution in [2.75, 3.05) is 0 Å². The highest BCUT2D eigenvalue weighted by Gasteiger charge is 2.17. The van der Waals surface area contributed by atoms with Crippen LogP contribution in [0.3, 0.4) is 0 Å². The van der Waals surface area contributed by atoms with E-state index >= 15 is 0 Å². The minimum absolute atomic E-state index is 0.815. The van der Waals surface area contributed by atoms with Crippen molar-refractivity contribution >= 4 is 0 Å². The Labute approximate surface area is 116 Å². The van der Waals surface area contributed by atoms with E-state index in [1.807, 2.05) is 0 Å². The highest BCUT2D eigenvalue weighted by Crippen LogP contribution is 2.36. The highest BCUT2D eigenvalue weighted by atomic mass is 14.2. The first-order valence-electron chi connectivity index (χ1n) is 7.44. The van der Waals surface area contributed by atoms with Gasteiger partial charge < -0.3 is 0 Å². The van der Waals surface area contributed by atoms with Gasteiger partial charge >= 0.3 is 0 Å². The molecule has 0 fully saturated rings. The van der Waals surface area contributed by atoms with E-state index in [-0.39, 0.29) is 0 Å². The normalized spacial score (nSPS) is 12.6. The molecule has 0 aromatic heterocycles.